The molecule has 0 spiro atoms. The third-order valence-corrected chi connectivity index (χ3v) is 6.66. The fourth-order valence-corrected chi connectivity index (χ4v) is 5.09. The number of rotatable bonds is 2. The van der Waals surface area contributed by atoms with E-state index in [9.17, 15) is 4.79 Å². The zero-order valence-electron chi connectivity index (χ0n) is 14.7. The van der Waals surface area contributed by atoms with Crippen molar-refractivity contribution in [2.24, 2.45) is 11.8 Å². The maximum Gasteiger partial charge on any atom is 0.265 e. The summed E-state index contributed by atoms with van der Waals surface area (Å²) in [6, 6.07) is 5.78. The first kappa shape index (κ1) is 16.1. The minimum absolute atomic E-state index is 0.117. The van der Waals surface area contributed by atoms with Crippen molar-refractivity contribution in [2.75, 3.05) is 40.0 Å². The summed E-state index contributed by atoms with van der Waals surface area (Å²) in [5.41, 5.74) is 0.954. The van der Waals surface area contributed by atoms with Crippen LogP contribution in [0, 0.1) is 11.8 Å². The number of amides is 1. The van der Waals surface area contributed by atoms with E-state index in [1.165, 1.54) is 17.8 Å². The summed E-state index contributed by atoms with van der Waals surface area (Å²) in [5, 5.41) is 0.836. The number of carbonyl (C=O) groups is 1. The number of piperidine rings is 1. The van der Waals surface area contributed by atoms with Crippen molar-refractivity contribution < 1.29 is 14.3 Å². The van der Waals surface area contributed by atoms with Gasteiger partial charge in [-0.25, -0.2) is 4.98 Å². The first-order valence-electron chi connectivity index (χ1n) is 9.01. The van der Waals surface area contributed by atoms with E-state index >= 15 is 0 Å². The minimum atomic E-state index is 0.117. The molecule has 6 nitrogen and oxygen atoms in total. The molecule has 0 bridgehead atoms. The van der Waals surface area contributed by atoms with Crippen molar-refractivity contribution in [3.8, 4) is 22.1 Å². The minimum Gasteiger partial charge on any atom is -0.454 e. The molecule has 1 amide bonds. The van der Waals surface area contributed by atoms with Crippen molar-refractivity contribution in [3.63, 3.8) is 0 Å². The predicted molar refractivity (Wildman–Crippen MR) is 98.7 cm³/mol. The van der Waals surface area contributed by atoms with Crippen LogP contribution in [-0.4, -0.2) is 60.7 Å². The van der Waals surface area contributed by atoms with E-state index in [0.717, 1.165) is 48.2 Å². The Morgan fingerprint density at radius 2 is 2.04 bits per heavy atom. The van der Waals surface area contributed by atoms with Crippen LogP contribution in [-0.2, 0) is 0 Å². The summed E-state index contributed by atoms with van der Waals surface area (Å²) in [4.78, 5) is 22.5. The molecule has 0 aliphatic carbocycles. The molecule has 5 rings (SSSR count). The number of nitrogens with zero attached hydrogens (tertiary/aromatic N) is 3. The third kappa shape index (κ3) is 2.75. The SMILES string of the molecule is CN1CCC2CN(C(=O)c3cnc(-c4ccc5c(c4)OCO5)s3)CC2C1. The number of hydrogen-bond donors (Lipinski definition) is 0. The second-order valence-electron chi connectivity index (χ2n) is 7.38. The first-order valence-corrected chi connectivity index (χ1v) is 9.83. The number of ether oxygens (including phenoxy) is 2. The van der Waals surface area contributed by atoms with E-state index in [2.05, 4.69) is 16.9 Å². The van der Waals surface area contributed by atoms with Gasteiger partial charge in [-0.1, -0.05) is 0 Å². The number of benzene rings is 1. The third-order valence-electron chi connectivity index (χ3n) is 5.63. The van der Waals surface area contributed by atoms with Gasteiger partial charge in [-0.3, -0.25) is 4.79 Å². The molecule has 1 aromatic carbocycles. The van der Waals surface area contributed by atoms with Crippen LogP contribution in [0.3, 0.4) is 0 Å². The molecule has 136 valence electrons. The fraction of sp³-hybridized carbons (Fsp3) is 0.474. The highest BCUT2D eigenvalue weighted by molar-refractivity contribution is 7.16. The van der Waals surface area contributed by atoms with Crippen LogP contribution in [0.2, 0.25) is 0 Å². The van der Waals surface area contributed by atoms with Crippen LogP contribution in [0.5, 0.6) is 11.5 Å². The van der Waals surface area contributed by atoms with E-state index in [1.807, 2.05) is 23.1 Å². The topological polar surface area (TPSA) is 54.9 Å². The Hall–Kier alpha value is -2.12. The van der Waals surface area contributed by atoms with Gasteiger partial charge in [0.15, 0.2) is 11.5 Å². The van der Waals surface area contributed by atoms with Crippen molar-refractivity contribution in [1.82, 2.24) is 14.8 Å². The average molecular weight is 371 g/mol. The van der Waals surface area contributed by atoms with Crippen molar-refractivity contribution >= 4 is 17.2 Å². The van der Waals surface area contributed by atoms with E-state index in [4.69, 9.17) is 9.47 Å². The zero-order chi connectivity index (χ0) is 17.7. The van der Waals surface area contributed by atoms with E-state index in [1.54, 1.807) is 6.20 Å². The predicted octanol–water partition coefficient (Wildman–Crippen LogP) is 2.56. The van der Waals surface area contributed by atoms with E-state index in [-0.39, 0.29) is 12.7 Å². The summed E-state index contributed by atoms with van der Waals surface area (Å²) in [5.74, 6) is 2.87. The smallest absolute Gasteiger partial charge is 0.265 e. The molecule has 0 N–H and O–H groups in total. The Bertz CT molecular complexity index is 852. The second-order valence-corrected chi connectivity index (χ2v) is 8.41. The Morgan fingerprint density at radius 3 is 2.96 bits per heavy atom. The van der Waals surface area contributed by atoms with Gasteiger partial charge in [0, 0.05) is 25.2 Å². The highest BCUT2D eigenvalue weighted by Crippen LogP contribution is 2.37. The maximum atomic E-state index is 12.9. The molecule has 2 unspecified atom stereocenters. The molecule has 2 saturated heterocycles. The molecule has 2 fully saturated rings. The lowest BCUT2D eigenvalue weighted by Gasteiger charge is -2.31. The molecule has 0 saturated carbocycles. The van der Waals surface area contributed by atoms with Gasteiger partial charge in [0.1, 0.15) is 9.88 Å². The molecule has 4 heterocycles. The second kappa shape index (κ2) is 6.25. The van der Waals surface area contributed by atoms with Gasteiger partial charge in [-0.15, -0.1) is 11.3 Å². The number of fused-ring (bicyclic) bond motifs is 2. The van der Waals surface area contributed by atoms with E-state index in [0.29, 0.717) is 16.7 Å². The van der Waals surface area contributed by atoms with Crippen LogP contribution >= 0.6 is 11.3 Å². The normalized spacial score (nSPS) is 24.7. The first-order chi connectivity index (χ1) is 12.7. The van der Waals surface area contributed by atoms with E-state index < -0.39 is 0 Å². The molecule has 1 aromatic heterocycles. The van der Waals surface area contributed by atoms with Gasteiger partial charge >= 0.3 is 0 Å². The molecule has 3 aliphatic rings. The molecule has 2 atom stereocenters. The molecule has 3 aliphatic heterocycles. The summed E-state index contributed by atoms with van der Waals surface area (Å²) < 4.78 is 10.8. The largest absolute Gasteiger partial charge is 0.454 e. The summed E-state index contributed by atoms with van der Waals surface area (Å²) in [6.07, 6.45) is 2.90. The number of hydrogen-bond acceptors (Lipinski definition) is 6. The van der Waals surface area contributed by atoms with Gasteiger partial charge < -0.3 is 19.3 Å². The number of thiazole rings is 1. The van der Waals surface area contributed by atoms with Gasteiger partial charge in [-0.05, 0) is 50.0 Å². The standard InChI is InChI=1S/C19H21N3O3S/c1-21-5-4-13-9-22(10-14(13)8-21)19(23)17-7-20-18(26-17)12-2-3-15-16(6-12)25-11-24-15/h2-3,6-7,13-14H,4-5,8-11H2,1H3. The Morgan fingerprint density at radius 1 is 1.19 bits per heavy atom. The van der Waals surface area contributed by atoms with Crippen LogP contribution in [0.4, 0.5) is 0 Å². The lowest BCUT2D eigenvalue weighted by molar-refractivity contribution is 0.0788. The highest BCUT2D eigenvalue weighted by Gasteiger charge is 2.38. The molecular weight excluding hydrogens is 350 g/mol. The lowest BCUT2D eigenvalue weighted by Crippen LogP contribution is -2.37. The number of likely N-dealkylation sites (tertiary alicyclic amines) is 2. The van der Waals surface area contributed by atoms with Gasteiger partial charge in [-0.2, -0.15) is 0 Å². The maximum absolute atomic E-state index is 12.9. The summed E-state index contributed by atoms with van der Waals surface area (Å²) >= 11 is 1.45. The molecular formula is C19H21N3O3S. The van der Waals surface area contributed by atoms with Gasteiger partial charge in [0.25, 0.3) is 5.91 Å². The van der Waals surface area contributed by atoms with Crippen LogP contribution < -0.4 is 9.47 Å². The summed E-state index contributed by atoms with van der Waals surface area (Å²) in [6.45, 7) is 4.24. The van der Waals surface area contributed by atoms with Crippen molar-refractivity contribution in [1.29, 1.82) is 0 Å². The van der Waals surface area contributed by atoms with Crippen molar-refractivity contribution in [3.05, 3.63) is 29.3 Å². The Labute approximate surface area is 156 Å². The van der Waals surface area contributed by atoms with Crippen LogP contribution in [0.1, 0.15) is 16.1 Å². The zero-order valence-corrected chi connectivity index (χ0v) is 15.5. The van der Waals surface area contributed by atoms with Gasteiger partial charge in [0.05, 0.1) is 6.20 Å². The number of aromatic nitrogens is 1. The highest BCUT2D eigenvalue weighted by atomic mass is 32.1. The summed E-state index contributed by atoms with van der Waals surface area (Å²) in [7, 11) is 2.17. The molecule has 7 heteroatoms. The Balaban J connectivity index is 1.33. The fourth-order valence-electron chi connectivity index (χ4n) is 4.21. The van der Waals surface area contributed by atoms with Crippen LogP contribution in [0.15, 0.2) is 24.4 Å². The average Bonchev–Trinajstić information content (AvgIpc) is 3.38. The quantitative estimate of drug-likeness (QED) is 0.812. The van der Waals surface area contributed by atoms with Crippen molar-refractivity contribution in [2.45, 2.75) is 6.42 Å². The lowest BCUT2D eigenvalue weighted by atomic mass is 9.89. The monoisotopic (exact) mass is 371 g/mol. The van der Waals surface area contributed by atoms with Gasteiger partial charge in [0.2, 0.25) is 6.79 Å². The molecule has 0 radical (unpaired) electrons. The molecule has 2 aromatic rings. The number of carbonyl (C=O) groups excluding carboxylic acids is 1. The Kier molecular flexibility index (Phi) is 3.86. The molecule has 26 heavy (non-hydrogen) atoms. The van der Waals surface area contributed by atoms with Crippen LogP contribution in [0.25, 0.3) is 10.6 Å².